The standard InChI is InChI=1S/C12H18N2O4S/c1-13-12(16)10-4-6-11(7-5-10)19(17,18)14-8-2-3-9-15/h4-7,14-15H,2-3,8-9H2,1H3,(H,13,16). The third-order valence-corrected chi connectivity index (χ3v) is 4.01. The van der Waals surface area contributed by atoms with Crippen molar-refractivity contribution < 1.29 is 18.3 Å². The predicted molar refractivity (Wildman–Crippen MR) is 71.3 cm³/mol. The lowest BCUT2D eigenvalue weighted by Crippen LogP contribution is -2.25. The second-order valence-electron chi connectivity index (χ2n) is 3.93. The Balaban J connectivity index is 2.71. The van der Waals surface area contributed by atoms with E-state index in [1.54, 1.807) is 0 Å². The van der Waals surface area contributed by atoms with Crippen LogP contribution >= 0.6 is 0 Å². The predicted octanol–water partition coefficient (Wildman–Crippen LogP) is 0.0970. The number of amides is 1. The number of sulfonamides is 1. The highest BCUT2D eigenvalue weighted by Gasteiger charge is 2.13. The molecule has 0 unspecified atom stereocenters. The lowest BCUT2D eigenvalue weighted by molar-refractivity contribution is 0.0963. The van der Waals surface area contributed by atoms with Crippen LogP contribution in [0.25, 0.3) is 0 Å². The van der Waals surface area contributed by atoms with E-state index in [4.69, 9.17) is 5.11 Å². The molecule has 0 spiro atoms. The van der Waals surface area contributed by atoms with Crippen molar-refractivity contribution in [3.63, 3.8) is 0 Å². The number of aliphatic hydroxyl groups is 1. The molecule has 6 nitrogen and oxygen atoms in total. The summed E-state index contributed by atoms with van der Waals surface area (Å²) in [6.07, 6.45) is 1.13. The van der Waals surface area contributed by atoms with E-state index in [2.05, 4.69) is 10.0 Å². The molecule has 0 radical (unpaired) electrons. The first-order valence-corrected chi connectivity index (χ1v) is 7.42. The van der Waals surface area contributed by atoms with E-state index in [-0.39, 0.29) is 24.0 Å². The largest absolute Gasteiger partial charge is 0.396 e. The van der Waals surface area contributed by atoms with Crippen LogP contribution in [0.1, 0.15) is 23.2 Å². The van der Waals surface area contributed by atoms with Gasteiger partial charge in [0, 0.05) is 25.8 Å². The zero-order chi connectivity index (χ0) is 14.3. The first kappa shape index (κ1) is 15.6. The van der Waals surface area contributed by atoms with Gasteiger partial charge in [0.1, 0.15) is 0 Å². The monoisotopic (exact) mass is 286 g/mol. The molecule has 0 heterocycles. The number of rotatable bonds is 7. The van der Waals surface area contributed by atoms with Crippen molar-refractivity contribution in [3.8, 4) is 0 Å². The van der Waals surface area contributed by atoms with E-state index in [9.17, 15) is 13.2 Å². The fraction of sp³-hybridized carbons (Fsp3) is 0.417. The molecular weight excluding hydrogens is 268 g/mol. The first-order chi connectivity index (χ1) is 9.01. The number of carbonyl (C=O) groups is 1. The number of hydrogen-bond donors (Lipinski definition) is 3. The van der Waals surface area contributed by atoms with Crippen molar-refractivity contribution in [1.82, 2.24) is 10.0 Å². The second kappa shape index (κ2) is 7.22. The molecule has 0 saturated heterocycles. The van der Waals surface area contributed by atoms with Crippen LogP contribution in [-0.4, -0.2) is 39.6 Å². The third-order valence-electron chi connectivity index (χ3n) is 2.53. The van der Waals surface area contributed by atoms with Gasteiger partial charge < -0.3 is 10.4 Å². The highest BCUT2D eigenvalue weighted by atomic mass is 32.2. The Labute approximate surface area is 112 Å². The summed E-state index contributed by atoms with van der Waals surface area (Å²) >= 11 is 0. The summed E-state index contributed by atoms with van der Waals surface area (Å²) in [5.74, 6) is -0.264. The summed E-state index contributed by atoms with van der Waals surface area (Å²) < 4.78 is 26.2. The topological polar surface area (TPSA) is 95.5 Å². The summed E-state index contributed by atoms with van der Waals surface area (Å²) in [6.45, 7) is 0.322. The fourth-order valence-corrected chi connectivity index (χ4v) is 2.53. The van der Waals surface area contributed by atoms with Gasteiger partial charge in [0.25, 0.3) is 5.91 Å². The van der Waals surface area contributed by atoms with Crippen LogP contribution in [0.4, 0.5) is 0 Å². The zero-order valence-electron chi connectivity index (χ0n) is 10.7. The van der Waals surface area contributed by atoms with E-state index in [0.717, 1.165) is 0 Å². The SMILES string of the molecule is CNC(=O)c1ccc(S(=O)(=O)NCCCCO)cc1. The molecule has 106 valence electrons. The average Bonchev–Trinajstić information content (AvgIpc) is 2.43. The Morgan fingerprint density at radius 3 is 2.37 bits per heavy atom. The molecule has 0 aliphatic heterocycles. The van der Waals surface area contributed by atoms with Gasteiger partial charge in [-0.1, -0.05) is 0 Å². The molecule has 1 rings (SSSR count). The second-order valence-corrected chi connectivity index (χ2v) is 5.70. The van der Waals surface area contributed by atoms with Gasteiger partial charge in [0.15, 0.2) is 0 Å². The van der Waals surface area contributed by atoms with Gasteiger partial charge in [-0.05, 0) is 37.1 Å². The normalized spacial score (nSPS) is 11.3. The maximum Gasteiger partial charge on any atom is 0.251 e. The van der Waals surface area contributed by atoms with Gasteiger partial charge in [-0.25, -0.2) is 13.1 Å². The molecule has 1 amide bonds. The Kier molecular flexibility index (Phi) is 5.94. The molecule has 0 aliphatic carbocycles. The zero-order valence-corrected chi connectivity index (χ0v) is 11.5. The van der Waals surface area contributed by atoms with Crippen LogP contribution in [0.2, 0.25) is 0 Å². The van der Waals surface area contributed by atoms with Gasteiger partial charge in [0.2, 0.25) is 10.0 Å². The fourth-order valence-electron chi connectivity index (χ4n) is 1.46. The number of aliphatic hydroxyl groups excluding tert-OH is 1. The highest BCUT2D eigenvalue weighted by Crippen LogP contribution is 2.10. The molecule has 3 N–H and O–H groups in total. The van der Waals surface area contributed by atoms with Crippen molar-refractivity contribution in [1.29, 1.82) is 0 Å². The molecule has 1 aromatic carbocycles. The lowest BCUT2D eigenvalue weighted by Gasteiger charge is -2.07. The van der Waals surface area contributed by atoms with Crippen LogP contribution in [0, 0.1) is 0 Å². The molecule has 0 aromatic heterocycles. The molecule has 0 fully saturated rings. The van der Waals surface area contributed by atoms with Gasteiger partial charge in [-0.2, -0.15) is 0 Å². The van der Waals surface area contributed by atoms with Crippen molar-refractivity contribution in [3.05, 3.63) is 29.8 Å². The van der Waals surface area contributed by atoms with Crippen LogP contribution in [0.15, 0.2) is 29.2 Å². The molecule has 0 aliphatic rings. The van der Waals surface area contributed by atoms with E-state index >= 15 is 0 Å². The molecule has 19 heavy (non-hydrogen) atoms. The van der Waals surface area contributed by atoms with Crippen LogP contribution in [0.5, 0.6) is 0 Å². The van der Waals surface area contributed by atoms with Crippen LogP contribution < -0.4 is 10.0 Å². The minimum absolute atomic E-state index is 0.0442. The lowest BCUT2D eigenvalue weighted by atomic mass is 10.2. The third kappa shape index (κ3) is 4.62. The van der Waals surface area contributed by atoms with Crippen molar-refractivity contribution >= 4 is 15.9 Å². The summed E-state index contributed by atoms with van der Waals surface area (Å²) in [4.78, 5) is 11.4. The number of benzene rings is 1. The van der Waals surface area contributed by atoms with Gasteiger partial charge >= 0.3 is 0 Å². The maximum atomic E-state index is 11.9. The number of hydrogen-bond acceptors (Lipinski definition) is 4. The van der Waals surface area contributed by atoms with Crippen molar-refractivity contribution in [2.75, 3.05) is 20.2 Å². The summed E-state index contributed by atoms with van der Waals surface area (Å²) in [6, 6.07) is 5.69. The molecule has 0 bridgehead atoms. The van der Waals surface area contributed by atoms with E-state index in [1.807, 2.05) is 0 Å². The molecule has 0 atom stereocenters. The molecule has 0 saturated carbocycles. The smallest absolute Gasteiger partial charge is 0.251 e. The summed E-state index contributed by atoms with van der Waals surface area (Å²) in [5, 5.41) is 11.1. The number of unbranched alkanes of at least 4 members (excludes halogenated alkanes) is 1. The van der Waals surface area contributed by atoms with E-state index in [1.165, 1.54) is 31.3 Å². The number of nitrogens with one attached hydrogen (secondary N) is 2. The summed E-state index contributed by atoms with van der Waals surface area (Å²) in [7, 11) is -2.04. The van der Waals surface area contributed by atoms with Crippen LogP contribution in [0.3, 0.4) is 0 Å². The highest BCUT2D eigenvalue weighted by molar-refractivity contribution is 7.89. The maximum absolute atomic E-state index is 11.9. The van der Waals surface area contributed by atoms with Gasteiger partial charge in [0.05, 0.1) is 4.90 Å². The molecular formula is C12H18N2O4S. The van der Waals surface area contributed by atoms with E-state index in [0.29, 0.717) is 18.4 Å². The molecule has 1 aromatic rings. The van der Waals surface area contributed by atoms with Crippen molar-refractivity contribution in [2.45, 2.75) is 17.7 Å². The Morgan fingerprint density at radius 1 is 1.21 bits per heavy atom. The summed E-state index contributed by atoms with van der Waals surface area (Å²) in [5.41, 5.74) is 0.404. The van der Waals surface area contributed by atoms with Gasteiger partial charge in [-0.15, -0.1) is 0 Å². The first-order valence-electron chi connectivity index (χ1n) is 5.94. The molecule has 7 heteroatoms. The Hall–Kier alpha value is -1.44. The van der Waals surface area contributed by atoms with E-state index < -0.39 is 10.0 Å². The van der Waals surface area contributed by atoms with Gasteiger partial charge in [-0.3, -0.25) is 4.79 Å². The average molecular weight is 286 g/mol. The Morgan fingerprint density at radius 2 is 1.84 bits per heavy atom. The van der Waals surface area contributed by atoms with Crippen LogP contribution in [-0.2, 0) is 10.0 Å². The minimum Gasteiger partial charge on any atom is -0.396 e. The van der Waals surface area contributed by atoms with Crippen molar-refractivity contribution in [2.24, 2.45) is 0 Å². The number of carbonyl (C=O) groups excluding carboxylic acids is 1. The Bertz CT molecular complexity index is 511. The minimum atomic E-state index is -3.55. The quantitative estimate of drug-likeness (QED) is 0.619.